The standard InChI is InChI=1S/C11H24N2S/c1-4-10-8-13(6-7-14-10)11(3,5-2)9-12/h10H,4-9,12H2,1-3H3. The number of rotatable bonds is 4. The molecule has 1 saturated heterocycles. The summed E-state index contributed by atoms with van der Waals surface area (Å²) in [5.74, 6) is 1.27. The molecular weight excluding hydrogens is 192 g/mol. The highest BCUT2D eigenvalue weighted by Gasteiger charge is 2.32. The van der Waals surface area contributed by atoms with Crippen LogP contribution in [0.2, 0.25) is 0 Å². The lowest BCUT2D eigenvalue weighted by atomic mass is 9.96. The molecule has 84 valence electrons. The van der Waals surface area contributed by atoms with Crippen LogP contribution in [0.25, 0.3) is 0 Å². The molecule has 1 aliphatic rings. The van der Waals surface area contributed by atoms with E-state index in [1.165, 1.54) is 25.3 Å². The second-order valence-electron chi connectivity index (χ2n) is 4.40. The number of nitrogens with zero attached hydrogens (tertiary/aromatic N) is 1. The van der Waals surface area contributed by atoms with Crippen LogP contribution in [0.15, 0.2) is 0 Å². The van der Waals surface area contributed by atoms with Crippen molar-refractivity contribution in [2.24, 2.45) is 5.73 Å². The van der Waals surface area contributed by atoms with Crippen molar-refractivity contribution in [3.05, 3.63) is 0 Å². The molecule has 0 radical (unpaired) electrons. The van der Waals surface area contributed by atoms with Crippen LogP contribution in [0.3, 0.4) is 0 Å². The fourth-order valence-electron chi connectivity index (χ4n) is 1.95. The molecule has 0 aromatic carbocycles. The van der Waals surface area contributed by atoms with Crippen LogP contribution >= 0.6 is 11.8 Å². The van der Waals surface area contributed by atoms with Crippen molar-refractivity contribution < 1.29 is 0 Å². The molecule has 2 nitrogen and oxygen atoms in total. The average molecular weight is 216 g/mol. The fraction of sp³-hybridized carbons (Fsp3) is 1.00. The normalized spacial score (nSPS) is 28.7. The van der Waals surface area contributed by atoms with Crippen LogP contribution in [-0.4, -0.2) is 41.1 Å². The Morgan fingerprint density at radius 3 is 2.71 bits per heavy atom. The van der Waals surface area contributed by atoms with Gasteiger partial charge in [-0.25, -0.2) is 0 Å². The van der Waals surface area contributed by atoms with Gasteiger partial charge in [-0.05, 0) is 19.8 Å². The van der Waals surface area contributed by atoms with Gasteiger partial charge in [-0.1, -0.05) is 13.8 Å². The Morgan fingerprint density at radius 1 is 1.50 bits per heavy atom. The van der Waals surface area contributed by atoms with Gasteiger partial charge < -0.3 is 5.73 Å². The van der Waals surface area contributed by atoms with Gasteiger partial charge in [0, 0.05) is 36.2 Å². The zero-order valence-corrected chi connectivity index (χ0v) is 10.6. The van der Waals surface area contributed by atoms with Gasteiger partial charge in [0.05, 0.1) is 0 Å². The van der Waals surface area contributed by atoms with Gasteiger partial charge in [-0.2, -0.15) is 11.8 Å². The van der Waals surface area contributed by atoms with E-state index in [2.05, 4.69) is 37.4 Å². The van der Waals surface area contributed by atoms with E-state index < -0.39 is 0 Å². The molecule has 14 heavy (non-hydrogen) atoms. The lowest BCUT2D eigenvalue weighted by Gasteiger charge is -2.44. The first kappa shape index (κ1) is 12.3. The van der Waals surface area contributed by atoms with Gasteiger partial charge in [-0.3, -0.25) is 4.90 Å². The molecule has 3 heteroatoms. The van der Waals surface area contributed by atoms with E-state index >= 15 is 0 Å². The zero-order chi connectivity index (χ0) is 10.6. The maximum Gasteiger partial charge on any atom is 0.0301 e. The van der Waals surface area contributed by atoms with Gasteiger partial charge in [0.2, 0.25) is 0 Å². The molecule has 1 aliphatic heterocycles. The Kier molecular flexibility index (Phi) is 4.74. The molecule has 1 rings (SSSR count). The molecule has 2 unspecified atom stereocenters. The Balaban J connectivity index is 2.57. The first-order chi connectivity index (χ1) is 6.66. The minimum Gasteiger partial charge on any atom is -0.329 e. The van der Waals surface area contributed by atoms with Crippen molar-refractivity contribution in [3.8, 4) is 0 Å². The van der Waals surface area contributed by atoms with E-state index in [0.717, 1.165) is 18.2 Å². The van der Waals surface area contributed by atoms with Crippen molar-refractivity contribution in [1.29, 1.82) is 0 Å². The van der Waals surface area contributed by atoms with Crippen LogP contribution < -0.4 is 5.73 Å². The molecule has 0 aromatic heterocycles. The molecule has 0 saturated carbocycles. The van der Waals surface area contributed by atoms with Gasteiger partial charge in [-0.15, -0.1) is 0 Å². The third-order valence-corrected chi connectivity index (χ3v) is 4.93. The predicted octanol–water partition coefficient (Wildman–Crippen LogP) is 1.94. The maximum atomic E-state index is 5.89. The van der Waals surface area contributed by atoms with Crippen molar-refractivity contribution in [2.45, 2.75) is 44.4 Å². The molecule has 0 aromatic rings. The lowest BCUT2D eigenvalue weighted by Crippen LogP contribution is -2.55. The highest BCUT2D eigenvalue weighted by atomic mass is 32.2. The number of nitrogens with two attached hydrogens (primary N) is 1. The topological polar surface area (TPSA) is 29.3 Å². The summed E-state index contributed by atoms with van der Waals surface area (Å²) >= 11 is 2.12. The van der Waals surface area contributed by atoms with Crippen LogP contribution in [0, 0.1) is 0 Å². The Morgan fingerprint density at radius 2 is 2.21 bits per heavy atom. The number of hydrogen-bond acceptors (Lipinski definition) is 3. The molecule has 0 bridgehead atoms. The fourth-order valence-corrected chi connectivity index (χ4v) is 3.13. The molecular formula is C11H24N2S. The monoisotopic (exact) mass is 216 g/mol. The molecule has 2 N–H and O–H groups in total. The highest BCUT2D eigenvalue weighted by molar-refractivity contribution is 8.00. The Bertz CT molecular complexity index is 169. The summed E-state index contributed by atoms with van der Waals surface area (Å²) in [5.41, 5.74) is 6.12. The van der Waals surface area contributed by atoms with Crippen molar-refractivity contribution in [1.82, 2.24) is 4.90 Å². The summed E-state index contributed by atoms with van der Waals surface area (Å²) in [5, 5.41) is 0.821. The SMILES string of the molecule is CCC1CN(C(C)(CC)CN)CCS1. The predicted molar refractivity (Wildman–Crippen MR) is 65.9 cm³/mol. The molecule has 0 amide bonds. The first-order valence-electron chi connectivity index (χ1n) is 5.73. The van der Waals surface area contributed by atoms with Gasteiger partial charge in [0.25, 0.3) is 0 Å². The molecule has 2 atom stereocenters. The highest BCUT2D eigenvalue weighted by Crippen LogP contribution is 2.27. The van der Waals surface area contributed by atoms with Crippen molar-refractivity contribution >= 4 is 11.8 Å². The molecule has 1 heterocycles. The minimum absolute atomic E-state index is 0.231. The van der Waals surface area contributed by atoms with E-state index in [9.17, 15) is 0 Å². The second-order valence-corrected chi connectivity index (χ2v) is 5.81. The first-order valence-corrected chi connectivity index (χ1v) is 6.78. The minimum atomic E-state index is 0.231. The average Bonchev–Trinajstić information content (AvgIpc) is 2.28. The smallest absolute Gasteiger partial charge is 0.0301 e. The molecule has 0 spiro atoms. The second kappa shape index (κ2) is 5.38. The quantitative estimate of drug-likeness (QED) is 0.779. The third-order valence-electron chi connectivity index (χ3n) is 3.56. The summed E-state index contributed by atoms with van der Waals surface area (Å²) < 4.78 is 0. The van der Waals surface area contributed by atoms with Crippen LogP contribution in [0.4, 0.5) is 0 Å². The van der Waals surface area contributed by atoms with Crippen LogP contribution in [0.5, 0.6) is 0 Å². The van der Waals surface area contributed by atoms with Crippen molar-refractivity contribution in [2.75, 3.05) is 25.4 Å². The van der Waals surface area contributed by atoms with E-state index in [-0.39, 0.29) is 5.54 Å². The summed E-state index contributed by atoms with van der Waals surface area (Å²) in [6.07, 6.45) is 2.44. The molecule has 0 aliphatic carbocycles. The van der Waals surface area contributed by atoms with Gasteiger partial charge in [0.1, 0.15) is 0 Å². The van der Waals surface area contributed by atoms with Crippen molar-refractivity contribution in [3.63, 3.8) is 0 Å². The van der Waals surface area contributed by atoms with E-state index in [1.807, 2.05) is 0 Å². The number of thioether (sulfide) groups is 1. The lowest BCUT2D eigenvalue weighted by molar-refractivity contribution is 0.110. The van der Waals surface area contributed by atoms with E-state index in [4.69, 9.17) is 5.73 Å². The summed E-state index contributed by atoms with van der Waals surface area (Å²) in [4.78, 5) is 2.59. The van der Waals surface area contributed by atoms with Crippen LogP contribution in [-0.2, 0) is 0 Å². The van der Waals surface area contributed by atoms with Gasteiger partial charge >= 0.3 is 0 Å². The zero-order valence-electron chi connectivity index (χ0n) is 9.75. The maximum absolute atomic E-state index is 5.89. The van der Waals surface area contributed by atoms with Crippen LogP contribution in [0.1, 0.15) is 33.6 Å². The Hall–Kier alpha value is 0.270. The summed E-state index contributed by atoms with van der Waals surface area (Å²) in [7, 11) is 0. The van der Waals surface area contributed by atoms with Gasteiger partial charge in [0.15, 0.2) is 0 Å². The Labute approximate surface area is 92.6 Å². The number of hydrogen-bond donors (Lipinski definition) is 1. The van der Waals surface area contributed by atoms with E-state index in [0.29, 0.717) is 0 Å². The summed E-state index contributed by atoms with van der Waals surface area (Å²) in [6, 6.07) is 0. The molecule has 1 fully saturated rings. The largest absolute Gasteiger partial charge is 0.329 e. The van der Waals surface area contributed by atoms with E-state index in [1.54, 1.807) is 0 Å². The third kappa shape index (κ3) is 2.65. The summed E-state index contributed by atoms with van der Waals surface area (Å²) in [6.45, 7) is 10.0.